The van der Waals surface area contributed by atoms with Gasteiger partial charge in [0.1, 0.15) is 11.5 Å². The Labute approximate surface area is 193 Å². The van der Waals surface area contributed by atoms with Crippen LogP contribution in [0.15, 0.2) is 41.8 Å². The highest BCUT2D eigenvalue weighted by molar-refractivity contribution is 6.05. The number of carbonyl (C=O) groups excluding carboxylic acids is 3. The number of anilines is 1. The predicted octanol–water partition coefficient (Wildman–Crippen LogP) is 2.03. The Morgan fingerprint density at radius 1 is 1.21 bits per heavy atom. The summed E-state index contributed by atoms with van der Waals surface area (Å²) in [5.41, 5.74) is 6.24. The fourth-order valence-electron chi connectivity index (χ4n) is 3.47. The minimum atomic E-state index is -5.11. The zero-order valence-electron chi connectivity index (χ0n) is 18.3. The van der Waals surface area contributed by atoms with Crippen molar-refractivity contribution < 1.29 is 27.6 Å². The van der Waals surface area contributed by atoms with Crippen LogP contribution in [0.3, 0.4) is 0 Å². The number of hydrogen-bond acceptors (Lipinski definition) is 4. The molecule has 1 aromatic heterocycles. The molecule has 4 amide bonds. The highest BCUT2D eigenvalue weighted by Gasteiger charge is 2.38. The van der Waals surface area contributed by atoms with Gasteiger partial charge in [-0.2, -0.15) is 18.2 Å². The number of nitrogens with one attached hydrogen (secondary N) is 2. The number of benzene rings is 1. The summed E-state index contributed by atoms with van der Waals surface area (Å²) in [6.45, 7) is 0.773. The first-order chi connectivity index (χ1) is 16.0. The Morgan fingerprint density at radius 3 is 2.53 bits per heavy atom. The van der Waals surface area contributed by atoms with Gasteiger partial charge in [0.25, 0.3) is 5.91 Å². The van der Waals surface area contributed by atoms with Crippen molar-refractivity contribution >= 4 is 29.4 Å². The minimum Gasteiger partial charge on any atom is -0.383 e. The SMILES string of the molecule is Cn1cnc(C(=O)NCC2CCCCN2C(=O)Nc2ccc(C(N)=NC(=O)C(F)(F)F)cc2)c1. The van der Waals surface area contributed by atoms with E-state index in [-0.39, 0.29) is 35.8 Å². The molecule has 1 saturated heterocycles. The van der Waals surface area contributed by atoms with Crippen LogP contribution >= 0.6 is 0 Å². The molecule has 2 aromatic rings. The van der Waals surface area contributed by atoms with Gasteiger partial charge in [-0.3, -0.25) is 9.59 Å². The van der Waals surface area contributed by atoms with Crippen molar-refractivity contribution in [2.45, 2.75) is 31.5 Å². The molecule has 0 saturated carbocycles. The standard InChI is InChI=1S/C21H24F3N7O3/c1-30-11-16(27-12-30)18(32)26-10-15-4-2-3-9-31(15)20(34)28-14-7-5-13(6-8-14)17(25)29-19(33)21(22,23)24/h5-8,11-12,15H,2-4,9-10H2,1H3,(H,26,32)(H,28,34)(H2,25,29,33). The average molecular weight is 479 g/mol. The fraction of sp³-hybridized carbons (Fsp3) is 0.381. The van der Waals surface area contributed by atoms with Crippen LogP contribution < -0.4 is 16.4 Å². The molecule has 0 bridgehead atoms. The van der Waals surface area contributed by atoms with Gasteiger partial charge in [0.05, 0.1) is 12.4 Å². The molecule has 0 aliphatic carbocycles. The monoisotopic (exact) mass is 479 g/mol. The maximum absolute atomic E-state index is 12.8. The number of aliphatic imine (C=N–C) groups is 1. The molecule has 182 valence electrons. The van der Waals surface area contributed by atoms with E-state index in [2.05, 4.69) is 20.6 Å². The molecule has 0 radical (unpaired) electrons. The molecule has 1 aromatic carbocycles. The van der Waals surface area contributed by atoms with Gasteiger partial charge in [0, 0.05) is 37.6 Å². The maximum atomic E-state index is 12.8. The number of hydrogen-bond donors (Lipinski definition) is 3. The number of nitrogens with zero attached hydrogens (tertiary/aromatic N) is 4. The number of alkyl halides is 3. The van der Waals surface area contributed by atoms with Gasteiger partial charge in [-0.05, 0) is 43.5 Å². The van der Waals surface area contributed by atoms with E-state index in [4.69, 9.17) is 5.73 Å². The molecule has 1 aliphatic rings. The summed E-state index contributed by atoms with van der Waals surface area (Å²) in [7, 11) is 1.76. The number of urea groups is 1. The van der Waals surface area contributed by atoms with Crippen molar-refractivity contribution in [1.29, 1.82) is 0 Å². The molecule has 1 atom stereocenters. The highest BCUT2D eigenvalue weighted by Crippen LogP contribution is 2.20. The van der Waals surface area contributed by atoms with Crippen molar-refractivity contribution in [3.8, 4) is 0 Å². The number of piperidine rings is 1. The molecule has 34 heavy (non-hydrogen) atoms. The molecule has 1 unspecified atom stereocenters. The molecule has 1 fully saturated rings. The first kappa shape index (κ1) is 24.7. The van der Waals surface area contributed by atoms with Crippen molar-refractivity contribution in [2.75, 3.05) is 18.4 Å². The molecular formula is C21H24F3N7O3. The summed E-state index contributed by atoms with van der Waals surface area (Å²) in [6.07, 6.45) is 0.458. The Morgan fingerprint density at radius 2 is 1.91 bits per heavy atom. The zero-order valence-corrected chi connectivity index (χ0v) is 18.3. The number of amidine groups is 1. The molecule has 10 nitrogen and oxygen atoms in total. The van der Waals surface area contributed by atoms with E-state index in [0.717, 1.165) is 19.3 Å². The number of likely N-dealkylation sites (tertiary alicyclic amines) is 1. The molecule has 1 aliphatic heterocycles. The minimum absolute atomic E-state index is 0.101. The number of nitrogens with two attached hydrogens (primary N) is 1. The lowest BCUT2D eigenvalue weighted by atomic mass is 10.0. The molecule has 0 spiro atoms. The second kappa shape index (κ2) is 10.4. The summed E-state index contributed by atoms with van der Waals surface area (Å²) in [4.78, 5) is 44.5. The third-order valence-corrected chi connectivity index (χ3v) is 5.22. The number of aryl methyl sites for hydroxylation is 1. The Kier molecular flexibility index (Phi) is 7.54. The summed E-state index contributed by atoms with van der Waals surface area (Å²) < 4.78 is 38.7. The van der Waals surface area contributed by atoms with Gasteiger partial charge >= 0.3 is 18.1 Å². The zero-order chi connectivity index (χ0) is 24.9. The number of carbonyl (C=O) groups is 3. The number of rotatable bonds is 5. The molecular weight excluding hydrogens is 455 g/mol. The van der Waals surface area contributed by atoms with Crippen molar-refractivity contribution in [3.63, 3.8) is 0 Å². The second-order valence-corrected chi connectivity index (χ2v) is 7.78. The van der Waals surface area contributed by atoms with Crippen LogP contribution in [0.25, 0.3) is 0 Å². The Balaban J connectivity index is 1.60. The highest BCUT2D eigenvalue weighted by atomic mass is 19.4. The van der Waals surface area contributed by atoms with Crippen molar-refractivity contribution in [3.05, 3.63) is 48.0 Å². The van der Waals surface area contributed by atoms with E-state index in [1.807, 2.05) is 0 Å². The summed E-state index contributed by atoms with van der Waals surface area (Å²) >= 11 is 0. The van der Waals surface area contributed by atoms with Gasteiger partial charge in [-0.1, -0.05) is 0 Å². The summed E-state index contributed by atoms with van der Waals surface area (Å²) in [5, 5.41) is 5.53. The first-order valence-electron chi connectivity index (χ1n) is 10.4. The van der Waals surface area contributed by atoms with E-state index in [0.29, 0.717) is 12.2 Å². The lowest BCUT2D eigenvalue weighted by Crippen LogP contribution is -2.50. The summed E-state index contributed by atoms with van der Waals surface area (Å²) in [5.74, 6) is -3.21. The topological polar surface area (TPSA) is 135 Å². The van der Waals surface area contributed by atoms with Gasteiger partial charge in [-0.15, -0.1) is 0 Å². The van der Waals surface area contributed by atoms with Gasteiger partial charge in [0.2, 0.25) is 0 Å². The Bertz CT molecular complexity index is 1080. The molecule has 13 heteroatoms. The van der Waals surface area contributed by atoms with Crippen LogP contribution in [-0.4, -0.2) is 63.4 Å². The second-order valence-electron chi connectivity index (χ2n) is 7.78. The summed E-state index contributed by atoms with van der Waals surface area (Å²) in [6, 6.07) is 4.98. The van der Waals surface area contributed by atoms with Gasteiger partial charge < -0.3 is 25.8 Å². The third kappa shape index (κ3) is 6.33. The van der Waals surface area contributed by atoms with Crippen LogP contribution in [-0.2, 0) is 11.8 Å². The molecule has 4 N–H and O–H groups in total. The quantitative estimate of drug-likeness (QED) is 0.446. The lowest BCUT2D eigenvalue weighted by molar-refractivity contribution is -0.169. The maximum Gasteiger partial charge on any atom is 0.473 e. The van der Waals surface area contributed by atoms with Crippen LogP contribution in [0.1, 0.15) is 35.3 Å². The number of aromatic nitrogens is 2. The lowest BCUT2D eigenvalue weighted by Gasteiger charge is -2.35. The average Bonchev–Trinajstić information content (AvgIpc) is 3.23. The van der Waals surface area contributed by atoms with Crippen molar-refractivity contribution in [2.24, 2.45) is 17.8 Å². The fourth-order valence-corrected chi connectivity index (χ4v) is 3.47. The third-order valence-electron chi connectivity index (χ3n) is 5.22. The predicted molar refractivity (Wildman–Crippen MR) is 117 cm³/mol. The van der Waals surface area contributed by atoms with Crippen LogP contribution in [0, 0.1) is 0 Å². The van der Waals surface area contributed by atoms with Gasteiger partial charge in [0.15, 0.2) is 0 Å². The van der Waals surface area contributed by atoms with Crippen molar-refractivity contribution in [1.82, 2.24) is 19.8 Å². The molecule has 3 rings (SSSR count). The normalized spacial score (nSPS) is 16.8. The van der Waals surface area contributed by atoms with Crippen LogP contribution in [0.5, 0.6) is 0 Å². The van der Waals surface area contributed by atoms with E-state index in [1.54, 1.807) is 22.7 Å². The van der Waals surface area contributed by atoms with E-state index in [9.17, 15) is 27.6 Å². The van der Waals surface area contributed by atoms with E-state index in [1.165, 1.54) is 30.6 Å². The Hall–Kier alpha value is -3.90. The van der Waals surface area contributed by atoms with Gasteiger partial charge in [-0.25, -0.2) is 9.78 Å². The van der Waals surface area contributed by atoms with E-state index < -0.39 is 17.9 Å². The van der Waals surface area contributed by atoms with E-state index >= 15 is 0 Å². The largest absolute Gasteiger partial charge is 0.473 e. The van der Waals surface area contributed by atoms with Crippen LogP contribution in [0.4, 0.5) is 23.7 Å². The number of imidazole rings is 1. The number of halogens is 3. The molecule has 2 heterocycles. The number of amides is 4. The smallest absolute Gasteiger partial charge is 0.383 e. The first-order valence-corrected chi connectivity index (χ1v) is 10.4. The van der Waals surface area contributed by atoms with Crippen LogP contribution in [0.2, 0.25) is 0 Å².